The van der Waals surface area contributed by atoms with E-state index >= 15 is 0 Å². The zero-order valence-electron chi connectivity index (χ0n) is 21.1. The zero-order valence-corrected chi connectivity index (χ0v) is 24.2. The van der Waals surface area contributed by atoms with Gasteiger partial charge in [-0.05, 0) is 66.9 Å². The Kier molecular flexibility index (Phi) is 10.1. The smallest absolute Gasteiger partial charge is 0.264 e. The Labute approximate surface area is 238 Å². The van der Waals surface area contributed by atoms with Crippen molar-refractivity contribution in [1.29, 1.82) is 0 Å². The van der Waals surface area contributed by atoms with Crippen LogP contribution in [0.15, 0.2) is 71.6 Å². The molecule has 0 unspecified atom stereocenters. The van der Waals surface area contributed by atoms with Crippen LogP contribution in [-0.2, 0) is 26.2 Å². The molecular weight excluding hydrogens is 569 g/mol. The lowest BCUT2D eigenvalue weighted by molar-refractivity contribution is -0.140. The first kappa shape index (κ1) is 29.8. The number of carbonyl (C=O) groups excluding carboxylic acids is 2. The molecule has 3 aromatic carbocycles. The summed E-state index contributed by atoms with van der Waals surface area (Å²) in [5, 5.41) is 3.76. The van der Waals surface area contributed by atoms with Crippen LogP contribution in [0.4, 0.5) is 5.69 Å². The van der Waals surface area contributed by atoms with Crippen LogP contribution in [0, 0.1) is 6.92 Å². The maximum absolute atomic E-state index is 13.9. The molecule has 0 radical (unpaired) electrons. The number of likely N-dealkylation sites (N-methyl/N-ethyl adjacent to an activating group) is 1. The lowest BCUT2D eigenvalue weighted by atomic mass is 10.1. The zero-order chi connectivity index (χ0) is 28.0. The molecule has 3 aromatic rings. The van der Waals surface area contributed by atoms with Crippen LogP contribution < -0.4 is 9.62 Å². The molecule has 0 aliphatic heterocycles. The highest BCUT2D eigenvalue weighted by atomic mass is 35.5. The summed E-state index contributed by atoms with van der Waals surface area (Å²) in [7, 11) is -2.69. The van der Waals surface area contributed by atoms with Crippen molar-refractivity contribution < 1.29 is 18.0 Å². The first-order valence-electron chi connectivity index (χ1n) is 11.8. The fourth-order valence-corrected chi connectivity index (χ4v) is 6.25. The van der Waals surface area contributed by atoms with Crippen molar-refractivity contribution in [3.05, 3.63) is 92.9 Å². The number of aryl methyl sites for hydroxylation is 1. The van der Waals surface area contributed by atoms with Crippen LogP contribution in [0.5, 0.6) is 0 Å². The second-order valence-electron chi connectivity index (χ2n) is 8.55. The summed E-state index contributed by atoms with van der Waals surface area (Å²) in [5.41, 5.74) is 1.42. The highest BCUT2D eigenvalue weighted by molar-refractivity contribution is 7.92. The molecule has 0 heterocycles. The molecule has 0 bridgehead atoms. The molecule has 0 aliphatic carbocycles. The van der Waals surface area contributed by atoms with Crippen molar-refractivity contribution in [1.82, 2.24) is 10.2 Å². The number of carbonyl (C=O) groups is 2. The molecule has 38 heavy (non-hydrogen) atoms. The normalized spacial score (nSPS) is 12.1. The summed E-state index contributed by atoms with van der Waals surface area (Å²) in [6, 6.07) is 16.6. The summed E-state index contributed by atoms with van der Waals surface area (Å²) in [4.78, 5) is 28.1. The van der Waals surface area contributed by atoms with Gasteiger partial charge in [0.1, 0.15) is 12.6 Å². The Morgan fingerprint density at radius 1 is 0.947 bits per heavy atom. The van der Waals surface area contributed by atoms with E-state index in [1.165, 1.54) is 24.1 Å². The van der Waals surface area contributed by atoms with E-state index in [0.29, 0.717) is 38.3 Å². The van der Waals surface area contributed by atoms with E-state index in [2.05, 4.69) is 5.32 Å². The molecule has 0 fully saturated rings. The van der Waals surface area contributed by atoms with E-state index in [1.807, 2.05) is 0 Å². The van der Waals surface area contributed by atoms with Gasteiger partial charge in [0.15, 0.2) is 0 Å². The predicted molar refractivity (Wildman–Crippen MR) is 152 cm³/mol. The van der Waals surface area contributed by atoms with Crippen LogP contribution in [0.3, 0.4) is 0 Å². The molecule has 0 aliphatic rings. The third kappa shape index (κ3) is 6.80. The Bertz CT molecular complexity index is 1420. The van der Waals surface area contributed by atoms with Gasteiger partial charge in [-0.1, -0.05) is 66.0 Å². The maximum Gasteiger partial charge on any atom is 0.264 e. The number of sulfonamides is 1. The average molecular weight is 597 g/mol. The lowest BCUT2D eigenvalue weighted by Crippen LogP contribution is -2.51. The second kappa shape index (κ2) is 12.8. The summed E-state index contributed by atoms with van der Waals surface area (Å²) in [6.07, 6.45) is 0.294. The van der Waals surface area contributed by atoms with Crippen LogP contribution in [0.25, 0.3) is 0 Å². The molecule has 2 amide bonds. The van der Waals surface area contributed by atoms with Crippen LogP contribution >= 0.6 is 34.8 Å². The van der Waals surface area contributed by atoms with Gasteiger partial charge in [0, 0.05) is 28.7 Å². The van der Waals surface area contributed by atoms with Gasteiger partial charge in [-0.2, -0.15) is 0 Å². The maximum atomic E-state index is 13.9. The molecule has 7 nitrogen and oxygen atoms in total. The third-order valence-corrected chi connectivity index (χ3v) is 8.62. The minimum Gasteiger partial charge on any atom is -0.357 e. The van der Waals surface area contributed by atoms with Crippen molar-refractivity contribution >= 4 is 62.3 Å². The highest BCUT2D eigenvalue weighted by Gasteiger charge is 2.34. The van der Waals surface area contributed by atoms with E-state index in [-0.39, 0.29) is 17.3 Å². The Balaban J connectivity index is 2.10. The monoisotopic (exact) mass is 595 g/mol. The molecule has 202 valence electrons. The number of halogens is 3. The number of nitrogens with zero attached hydrogens (tertiary/aromatic N) is 2. The third-order valence-electron chi connectivity index (χ3n) is 6.03. The van der Waals surface area contributed by atoms with E-state index in [0.717, 1.165) is 4.31 Å². The van der Waals surface area contributed by atoms with Crippen molar-refractivity contribution in [2.75, 3.05) is 17.9 Å². The summed E-state index contributed by atoms with van der Waals surface area (Å²) < 4.78 is 28.7. The van der Waals surface area contributed by atoms with Gasteiger partial charge < -0.3 is 10.2 Å². The van der Waals surface area contributed by atoms with Crippen molar-refractivity contribution in [3.8, 4) is 0 Å². The minimum atomic E-state index is -4.16. The van der Waals surface area contributed by atoms with Crippen LogP contribution in [0.1, 0.15) is 24.5 Å². The van der Waals surface area contributed by atoms with Crippen LogP contribution in [-0.4, -0.2) is 44.8 Å². The van der Waals surface area contributed by atoms with Gasteiger partial charge in [-0.25, -0.2) is 8.42 Å². The first-order chi connectivity index (χ1) is 18.0. The van der Waals surface area contributed by atoms with Gasteiger partial charge >= 0.3 is 0 Å². The average Bonchev–Trinajstić information content (AvgIpc) is 2.88. The molecule has 3 rings (SSSR count). The van der Waals surface area contributed by atoms with E-state index in [4.69, 9.17) is 34.8 Å². The van der Waals surface area contributed by atoms with Crippen molar-refractivity contribution in [2.24, 2.45) is 0 Å². The molecule has 0 aromatic heterocycles. The second-order valence-corrected chi connectivity index (χ2v) is 11.7. The summed E-state index contributed by atoms with van der Waals surface area (Å²) in [5.74, 6) is -0.966. The minimum absolute atomic E-state index is 0.0211. The molecule has 0 spiro atoms. The van der Waals surface area contributed by atoms with Crippen molar-refractivity contribution in [2.45, 2.75) is 37.8 Å². The van der Waals surface area contributed by atoms with Gasteiger partial charge in [0.2, 0.25) is 11.8 Å². The van der Waals surface area contributed by atoms with Gasteiger partial charge in [0.25, 0.3) is 10.0 Å². The lowest BCUT2D eigenvalue weighted by Gasteiger charge is -2.33. The molecule has 1 N–H and O–H groups in total. The van der Waals surface area contributed by atoms with Gasteiger partial charge in [0.05, 0.1) is 10.6 Å². The largest absolute Gasteiger partial charge is 0.357 e. The summed E-state index contributed by atoms with van der Waals surface area (Å²) in [6.45, 7) is 2.90. The van der Waals surface area contributed by atoms with E-state index in [1.54, 1.807) is 68.4 Å². The standard InChI is InChI=1S/C27H28Cl3N3O4S/c1-4-24(27(35)31-3)32(16-19-10-11-21(29)15-23(19)30)26(34)17-33(25-13-12-20(28)14-18(25)2)38(36,37)22-8-6-5-7-9-22/h5-15,24H,4,16-17H2,1-3H3,(H,31,35)/t24-/m1/s1. The van der Waals surface area contributed by atoms with Gasteiger partial charge in [-0.3, -0.25) is 13.9 Å². The molecule has 11 heteroatoms. The molecular formula is C27H28Cl3N3O4S. The molecule has 1 atom stereocenters. The number of rotatable bonds is 10. The number of anilines is 1. The quantitative estimate of drug-likeness (QED) is 0.325. The van der Waals surface area contributed by atoms with E-state index < -0.39 is 28.5 Å². The number of nitrogens with one attached hydrogen (secondary N) is 1. The SMILES string of the molecule is CC[C@H](C(=O)NC)N(Cc1ccc(Cl)cc1Cl)C(=O)CN(c1ccc(Cl)cc1C)S(=O)(=O)c1ccccc1. The number of benzene rings is 3. The Morgan fingerprint density at radius 2 is 1.58 bits per heavy atom. The van der Waals surface area contributed by atoms with Gasteiger partial charge in [-0.15, -0.1) is 0 Å². The predicted octanol–water partition coefficient (Wildman–Crippen LogP) is 5.70. The fourth-order valence-electron chi connectivity index (χ4n) is 4.05. The molecule has 0 saturated heterocycles. The highest BCUT2D eigenvalue weighted by Crippen LogP contribution is 2.30. The number of amides is 2. The summed E-state index contributed by atoms with van der Waals surface area (Å²) >= 11 is 18.6. The molecule has 0 saturated carbocycles. The fraction of sp³-hybridized carbons (Fsp3) is 0.259. The number of hydrogen-bond donors (Lipinski definition) is 1. The Morgan fingerprint density at radius 3 is 2.16 bits per heavy atom. The Hall–Kier alpha value is -2.78. The number of hydrogen-bond acceptors (Lipinski definition) is 4. The van der Waals surface area contributed by atoms with E-state index in [9.17, 15) is 18.0 Å². The topological polar surface area (TPSA) is 86.8 Å². The first-order valence-corrected chi connectivity index (χ1v) is 14.4. The van der Waals surface area contributed by atoms with Crippen LogP contribution in [0.2, 0.25) is 15.1 Å². The van der Waals surface area contributed by atoms with Crippen molar-refractivity contribution in [3.63, 3.8) is 0 Å².